The Kier molecular flexibility index (Phi) is 3.99. The molecule has 1 fully saturated rings. The summed E-state index contributed by atoms with van der Waals surface area (Å²) in [5.41, 5.74) is -1.82. The lowest BCUT2D eigenvalue weighted by Gasteiger charge is -2.32. The normalized spacial score (nSPS) is 25.6. The molecule has 3 aromatic rings. The molecule has 0 amide bonds. The summed E-state index contributed by atoms with van der Waals surface area (Å²) in [6.45, 7) is -0.383. The Bertz CT molecular complexity index is 1070. The molecule has 3 atom stereocenters. The molecular weight excluding hydrogens is 336 g/mol. The van der Waals surface area contributed by atoms with Gasteiger partial charge in [-0.05, 0) is 10.8 Å². The highest BCUT2D eigenvalue weighted by Crippen LogP contribution is 2.42. The van der Waals surface area contributed by atoms with E-state index in [4.69, 9.17) is 4.74 Å². The number of fused-ring (bicyclic) bond motifs is 1. The topological polar surface area (TPSA) is 105 Å². The highest BCUT2D eigenvalue weighted by atomic mass is 16.6. The van der Waals surface area contributed by atoms with Crippen LogP contribution in [-0.4, -0.2) is 38.6 Å². The van der Waals surface area contributed by atoms with E-state index < -0.39 is 29.2 Å². The van der Waals surface area contributed by atoms with Gasteiger partial charge in [-0.3, -0.25) is 14.3 Å². The van der Waals surface area contributed by atoms with Gasteiger partial charge in [0.1, 0.15) is 6.10 Å². The highest BCUT2D eigenvalue weighted by molar-refractivity contribution is 5.86. The number of hydrogen-bond acceptors (Lipinski definition) is 5. The van der Waals surface area contributed by atoms with E-state index >= 15 is 0 Å². The molecule has 0 radical (unpaired) electrons. The molecule has 0 aliphatic carbocycles. The van der Waals surface area contributed by atoms with Gasteiger partial charge in [0.15, 0.2) is 5.72 Å². The molecule has 26 heavy (non-hydrogen) atoms. The molecule has 1 aliphatic heterocycles. The van der Waals surface area contributed by atoms with E-state index in [2.05, 4.69) is 4.98 Å². The maximum absolute atomic E-state index is 12.5. The van der Waals surface area contributed by atoms with E-state index in [0.29, 0.717) is 5.56 Å². The summed E-state index contributed by atoms with van der Waals surface area (Å²) in [7, 11) is 0. The van der Waals surface area contributed by atoms with Crippen molar-refractivity contribution in [3.8, 4) is 0 Å². The van der Waals surface area contributed by atoms with Gasteiger partial charge in [-0.25, -0.2) is 4.79 Å². The highest BCUT2D eigenvalue weighted by Gasteiger charge is 2.49. The average Bonchev–Trinajstić information content (AvgIpc) is 2.98. The van der Waals surface area contributed by atoms with Gasteiger partial charge in [-0.15, -0.1) is 0 Å². The maximum Gasteiger partial charge on any atom is 0.330 e. The number of nitrogens with zero attached hydrogens (tertiary/aromatic N) is 1. The minimum Gasteiger partial charge on any atom is -0.394 e. The van der Waals surface area contributed by atoms with Crippen LogP contribution in [0, 0.1) is 0 Å². The minimum atomic E-state index is -1.34. The van der Waals surface area contributed by atoms with Crippen LogP contribution < -0.4 is 11.2 Å². The second-order valence-corrected chi connectivity index (χ2v) is 6.40. The van der Waals surface area contributed by atoms with Crippen molar-refractivity contribution < 1.29 is 14.9 Å². The molecule has 0 bridgehead atoms. The molecular formula is C19H18N2O5. The zero-order valence-electron chi connectivity index (χ0n) is 13.8. The van der Waals surface area contributed by atoms with Gasteiger partial charge < -0.3 is 14.9 Å². The second kappa shape index (κ2) is 6.21. The molecule has 3 N–H and O–H groups in total. The maximum atomic E-state index is 12.5. The predicted molar refractivity (Wildman–Crippen MR) is 94.9 cm³/mol. The Balaban J connectivity index is 2.03. The Labute approximate surface area is 148 Å². The van der Waals surface area contributed by atoms with E-state index in [1.54, 1.807) is 0 Å². The number of aromatic amines is 1. The van der Waals surface area contributed by atoms with E-state index in [0.717, 1.165) is 10.8 Å². The van der Waals surface area contributed by atoms with Crippen LogP contribution in [0.25, 0.3) is 10.8 Å². The SMILES string of the molecule is O=c1ccn([C@@]2(c3cccc4ccccc34)C[C@H](O)[C@@H](CO)O2)c(=O)[nH]1. The Hall–Kier alpha value is -2.74. The molecule has 134 valence electrons. The number of hydrogen-bond donors (Lipinski definition) is 3. The van der Waals surface area contributed by atoms with Crippen molar-refractivity contribution in [1.29, 1.82) is 0 Å². The first-order valence-electron chi connectivity index (χ1n) is 8.32. The third-order valence-corrected chi connectivity index (χ3v) is 4.86. The van der Waals surface area contributed by atoms with Crippen LogP contribution in [0.1, 0.15) is 12.0 Å². The number of aliphatic hydroxyl groups is 2. The molecule has 7 nitrogen and oxygen atoms in total. The standard InChI is InChI=1S/C19H18N2O5/c22-11-16-15(23)10-19(26-16,21-9-8-17(24)20-18(21)25)14-7-3-5-12-4-1-2-6-13(12)14/h1-9,15-16,22-23H,10-11H2,(H,20,24,25)/t15-,16+,19-/m0/s1. The van der Waals surface area contributed by atoms with Gasteiger partial charge >= 0.3 is 5.69 Å². The second-order valence-electron chi connectivity index (χ2n) is 6.40. The Morgan fingerprint density at radius 3 is 2.65 bits per heavy atom. The number of aromatic nitrogens is 2. The van der Waals surface area contributed by atoms with Gasteiger partial charge in [0, 0.05) is 24.2 Å². The van der Waals surface area contributed by atoms with Crippen molar-refractivity contribution in [2.75, 3.05) is 6.61 Å². The van der Waals surface area contributed by atoms with Crippen molar-refractivity contribution in [2.45, 2.75) is 24.4 Å². The van der Waals surface area contributed by atoms with Crippen molar-refractivity contribution >= 4 is 10.8 Å². The van der Waals surface area contributed by atoms with Crippen LogP contribution in [0.2, 0.25) is 0 Å². The first kappa shape index (κ1) is 16.7. The van der Waals surface area contributed by atoms with Crippen molar-refractivity contribution in [1.82, 2.24) is 9.55 Å². The van der Waals surface area contributed by atoms with Crippen LogP contribution in [0.15, 0.2) is 64.3 Å². The van der Waals surface area contributed by atoms with Gasteiger partial charge in [0.25, 0.3) is 5.56 Å². The fourth-order valence-electron chi connectivity index (χ4n) is 3.68. The quantitative estimate of drug-likeness (QED) is 0.637. The molecule has 1 aliphatic rings. The zero-order chi connectivity index (χ0) is 18.3. The summed E-state index contributed by atoms with van der Waals surface area (Å²) >= 11 is 0. The van der Waals surface area contributed by atoms with E-state index in [9.17, 15) is 19.8 Å². The summed E-state index contributed by atoms with van der Waals surface area (Å²) in [6, 6.07) is 14.5. The first-order valence-corrected chi connectivity index (χ1v) is 8.32. The lowest BCUT2D eigenvalue weighted by atomic mass is 9.92. The van der Waals surface area contributed by atoms with Crippen molar-refractivity contribution in [3.05, 3.63) is 81.1 Å². The number of rotatable bonds is 3. The third kappa shape index (κ3) is 2.48. The Morgan fingerprint density at radius 2 is 1.92 bits per heavy atom. The molecule has 0 spiro atoms. The summed E-state index contributed by atoms with van der Waals surface area (Å²) < 4.78 is 7.33. The zero-order valence-corrected chi connectivity index (χ0v) is 13.8. The lowest BCUT2D eigenvalue weighted by molar-refractivity contribution is -0.0930. The van der Waals surface area contributed by atoms with Gasteiger partial charge in [-0.2, -0.15) is 0 Å². The number of aliphatic hydroxyl groups excluding tert-OH is 2. The van der Waals surface area contributed by atoms with Crippen LogP contribution in [0.3, 0.4) is 0 Å². The first-order chi connectivity index (χ1) is 12.5. The van der Waals surface area contributed by atoms with Crippen LogP contribution in [0.5, 0.6) is 0 Å². The molecule has 0 saturated carbocycles. The fraction of sp³-hybridized carbons (Fsp3) is 0.263. The summed E-state index contributed by atoms with van der Waals surface area (Å²) in [6.07, 6.45) is -0.376. The molecule has 1 aromatic heterocycles. The predicted octanol–water partition coefficient (Wildman–Crippen LogP) is 0.533. The summed E-state index contributed by atoms with van der Waals surface area (Å²) in [4.78, 5) is 26.3. The smallest absolute Gasteiger partial charge is 0.330 e. The number of ether oxygens (including phenoxy) is 1. The molecule has 0 unspecified atom stereocenters. The van der Waals surface area contributed by atoms with Crippen LogP contribution in [0.4, 0.5) is 0 Å². The number of benzene rings is 2. The summed E-state index contributed by atoms with van der Waals surface area (Å²) in [5, 5.41) is 21.8. The van der Waals surface area contributed by atoms with Crippen molar-refractivity contribution in [2.24, 2.45) is 0 Å². The number of H-pyrrole nitrogens is 1. The molecule has 2 aromatic carbocycles. The molecule has 7 heteroatoms. The third-order valence-electron chi connectivity index (χ3n) is 4.86. The monoisotopic (exact) mass is 354 g/mol. The van der Waals surface area contributed by atoms with Gasteiger partial charge in [0.2, 0.25) is 0 Å². The number of nitrogens with one attached hydrogen (secondary N) is 1. The minimum absolute atomic E-state index is 0.0676. The van der Waals surface area contributed by atoms with Crippen LogP contribution >= 0.6 is 0 Å². The average molecular weight is 354 g/mol. The summed E-state index contributed by atoms with van der Waals surface area (Å²) in [5.74, 6) is 0. The lowest BCUT2D eigenvalue weighted by Crippen LogP contribution is -2.45. The van der Waals surface area contributed by atoms with Crippen molar-refractivity contribution in [3.63, 3.8) is 0 Å². The molecule has 1 saturated heterocycles. The fourth-order valence-corrected chi connectivity index (χ4v) is 3.68. The Morgan fingerprint density at radius 1 is 1.15 bits per heavy atom. The van der Waals surface area contributed by atoms with E-state index in [1.807, 2.05) is 42.5 Å². The van der Waals surface area contributed by atoms with Crippen LogP contribution in [-0.2, 0) is 10.5 Å². The van der Waals surface area contributed by atoms with E-state index in [1.165, 1.54) is 16.8 Å². The molecule has 4 rings (SSSR count). The molecule has 2 heterocycles. The largest absolute Gasteiger partial charge is 0.394 e. The van der Waals surface area contributed by atoms with Gasteiger partial charge in [-0.1, -0.05) is 42.5 Å². The van der Waals surface area contributed by atoms with E-state index in [-0.39, 0.29) is 13.0 Å². The van der Waals surface area contributed by atoms with Gasteiger partial charge in [0.05, 0.1) is 12.7 Å².